The molecule has 2 aliphatic rings. The van der Waals surface area contributed by atoms with Crippen LogP contribution in [0.1, 0.15) is 71.1 Å². The third-order valence-electron chi connectivity index (χ3n) is 4.51. The van der Waals surface area contributed by atoms with Crippen LogP contribution < -0.4 is 9.96 Å². The molecule has 0 spiro atoms. The van der Waals surface area contributed by atoms with Crippen molar-refractivity contribution in [2.75, 3.05) is 0 Å². The average Bonchev–Trinajstić information content (AvgIpc) is 2.40. The van der Waals surface area contributed by atoms with E-state index >= 15 is 0 Å². The predicted molar refractivity (Wildman–Crippen MR) is 82.0 cm³/mol. The molecule has 0 radical (unpaired) electrons. The lowest BCUT2D eigenvalue weighted by Crippen LogP contribution is -2.56. The summed E-state index contributed by atoms with van der Waals surface area (Å²) < 4.78 is 0. The maximum Gasteiger partial charge on any atom is 0.213 e. The van der Waals surface area contributed by atoms with Gasteiger partial charge in [0.2, 0.25) is 9.12 Å². The molecular weight excluding hydrogens is 236 g/mol. The topological polar surface area (TPSA) is 24.1 Å². The van der Waals surface area contributed by atoms with Gasteiger partial charge in [-0.15, -0.1) is 6.58 Å². The van der Waals surface area contributed by atoms with Gasteiger partial charge < -0.3 is 9.96 Å². The molecule has 0 aromatic heterocycles. The van der Waals surface area contributed by atoms with Gasteiger partial charge in [0.25, 0.3) is 0 Å². The van der Waals surface area contributed by atoms with Gasteiger partial charge in [-0.25, -0.2) is 0 Å². The number of allylic oxidation sites excluding steroid dienone is 1. The van der Waals surface area contributed by atoms with Gasteiger partial charge in [0.05, 0.1) is 0 Å². The fraction of sp³-hybridized carbons (Fsp3) is 0.867. The Morgan fingerprint density at radius 2 is 1.22 bits per heavy atom. The second kappa shape index (κ2) is 7.46. The van der Waals surface area contributed by atoms with Crippen molar-refractivity contribution in [3.05, 3.63) is 11.8 Å². The lowest BCUT2D eigenvalue weighted by Gasteiger charge is -2.32. The van der Waals surface area contributed by atoms with Crippen molar-refractivity contribution in [2.24, 2.45) is 0 Å². The van der Waals surface area contributed by atoms with Gasteiger partial charge in [0, 0.05) is 12.1 Å². The molecule has 104 valence electrons. The summed E-state index contributed by atoms with van der Waals surface area (Å²) >= 11 is 0. The highest BCUT2D eigenvalue weighted by atomic mass is 28.3. The van der Waals surface area contributed by atoms with Crippen molar-refractivity contribution in [3.63, 3.8) is 0 Å². The molecule has 0 aromatic rings. The monoisotopic (exact) mass is 266 g/mol. The summed E-state index contributed by atoms with van der Waals surface area (Å²) in [7, 11) is -1.15. The zero-order valence-corrected chi connectivity index (χ0v) is 13.2. The molecule has 0 aromatic carbocycles. The van der Waals surface area contributed by atoms with E-state index in [2.05, 4.69) is 23.5 Å². The Bertz CT molecular complexity index is 235. The number of hydrogen-bond donors (Lipinski definition) is 2. The van der Waals surface area contributed by atoms with Crippen LogP contribution in [0, 0.1) is 0 Å². The van der Waals surface area contributed by atoms with Crippen LogP contribution >= 0.6 is 0 Å². The summed E-state index contributed by atoms with van der Waals surface area (Å²) in [5.41, 5.74) is 0. The molecule has 0 aliphatic heterocycles. The van der Waals surface area contributed by atoms with Crippen LogP contribution in [-0.2, 0) is 0 Å². The standard InChI is InChI=1S/C15H30N2Si/c1-13(2)18(16-14-9-5-3-6-10-14)17-15-11-7-4-8-12-15/h14-18H,1,3-12H2,2H3. The second-order valence-corrected chi connectivity index (χ2v) is 8.80. The molecule has 0 atom stereocenters. The van der Waals surface area contributed by atoms with Gasteiger partial charge >= 0.3 is 0 Å². The highest BCUT2D eigenvalue weighted by molar-refractivity contribution is 6.61. The minimum absolute atomic E-state index is 0.767. The molecule has 2 nitrogen and oxygen atoms in total. The first-order valence-corrected chi connectivity index (χ1v) is 9.66. The van der Waals surface area contributed by atoms with Crippen molar-refractivity contribution in [1.29, 1.82) is 0 Å². The molecule has 2 N–H and O–H groups in total. The summed E-state index contributed by atoms with van der Waals surface area (Å²) in [6.07, 6.45) is 14.0. The van der Waals surface area contributed by atoms with Crippen molar-refractivity contribution in [3.8, 4) is 0 Å². The SMILES string of the molecule is C=C(C)[SiH](NC1CCCCC1)NC1CCCCC1. The largest absolute Gasteiger partial charge is 0.322 e. The van der Waals surface area contributed by atoms with E-state index in [0.717, 1.165) is 12.1 Å². The molecule has 3 heteroatoms. The Kier molecular flexibility index (Phi) is 5.92. The van der Waals surface area contributed by atoms with Crippen molar-refractivity contribution < 1.29 is 0 Å². The molecule has 0 bridgehead atoms. The maximum absolute atomic E-state index is 4.22. The van der Waals surface area contributed by atoms with Gasteiger partial charge in [-0.05, 0) is 32.6 Å². The molecule has 0 amide bonds. The van der Waals surface area contributed by atoms with Crippen molar-refractivity contribution in [2.45, 2.75) is 83.2 Å². The summed E-state index contributed by atoms with van der Waals surface area (Å²) in [5, 5.41) is 1.38. The molecule has 0 unspecified atom stereocenters. The quantitative estimate of drug-likeness (QED) is 0.747. The molecule has 0 saturated heterocycles. The Labute approximate surface area is 114 Å². The van der Waals surface area contributed by atoms with Crippen LogP contribution in [0.25, 0.3) is 0 Å². The molecule has 0 heterocycles. The second-order valence-electron chi connectivity index (χ2n) is 6.28. The first-order valence-electron chi connectivity index (χ1n) is 7.93. The lowest BCUT2D eigenvalue weighted by molar-refractivity contribution is 0.397. The highest BCUT2D eigenvalue weighted by Crippen LogP contribution is 2.20. The fourth-order valence-corrected chi connectivity index (χ4v) is 5.62. The number of rotatable bonds is 5. The summed E-state index contributed by atoms with van der Waals surface area (Å²) in [6, 6.07) is 1.53. The summed E-state index contributed by atoms with van der Waals surface area (Å²) in [4.78, 5) is 7.86. The predicted octanol–water partition coefficient (Wildman–Crippen LogP) is 3.17. The molecular formula is C15H30N2Si. The Balaban J connectivity index is 1.80. The fourth-order valence-electron chi connectivity index (χ4n) is 3.34. The normalized spacial score (nSPS) is 23.4. The molecule has 2 aliphatic carbocycles. The Morgan fingerprint density at radius 3 is 1.56 bits per heavy atom. The van der Waals surface area contributed by atoms with Gasteiger partial charge in [0.15, 0.2) is 0 Å². The average molecular weight is 267 g/mol. The van der Waals surface area contributed by atoms with E-state index in [1.165, 1.54) is 69.4 Å². The van der Waals surface area contributed by atoms with Crippen LogP contribution in [0.3, 0.4) is 0 Å². The van der Waals surface area contributed by atoms with Gasteiger partial charge in [-0.1, -0.05) is 43.7 Å². The zero-order valence-electron chi connectivity index (χ0n) is 12.0. The van der Waals surface area contributed by atoms with Gasteiger partial charge in [0.1, 0.15) is 0 Å². The first-order chi connectivity index (χ1) is 8.75. The van der Waals surface area contributed by atoms with Crippen LogP contribution in [0.4, 0.5) is 0 Å². The van der Waals surface area contributed by atoms with E-state index in [9.17, 15) is 0 Å². The highest BCUT2D eigenvalue weighted by Gasteiger charge is 2.23. The van der Waals surface area contributed by atoms with E-state index in [4.69, 9.17) is 0 Å². The minimum Gasteiger partial charge on any atom is -0.322 e. The third-order valence-corrected chi connectivity index (χ3v) is 7.10. The number of hydrogen-bond acceptors (Lipinski definition) is 2. The molecule has 2 fully saturated rings. The van der Waals surface area contributed by atoms with Gasteiger partial charge in [-0.2, -0.15) is 0 Å². The molecule has 2 rings (SSSR count). The van der Waals surface area contributed by atoms with Gasteiger partial charge in [-0.3, -0.25) is 0 Å². The van der Waals surface area contributed by atoms with E-state index in [-0.39, 0.29) is 0 Å². The van der Waals surface area contributed by atoms with E-state index in [1.54, 1.807) is 0 Å². The van der Waals surface area contributed by atoms with E-state index < -0.39 is 9.12 Å². The first kappa shape index (κ1) is 14.3. The maximum atomic E-state index is 4.22. The minimum atomic E-state index is -1.15. The van der Waals surface area contributed by atoms with Crippen molar-refractivity contribution >= 4 is 9.12 Å². The Hall–Kier alpha value is -0.123. The lowest BCUT2D eigenvalue weighted by atomic mass is 9.96. The van der Waals surface area contributed by atoms with Crippen LogP contribution in [0.15, 0.2) is 11.8 Å². The van der Waals surface area contributed by atoms with Crippen LogP contribution in [0.2, 0.25) is 0 Å². The van der Waals surface area contributed by atoms with E-state index in [1.807, 2.05) is 0 Å². The van der Waals surface area contributed by atoms with Crippen molar-refractivity contribution in [1.82, 2.24) is 9.96 Å². The number of nitrogens with one attached hydrogen (secondary N) is 2. The summed E-state index contributed by atoms with van der Waals surface area (Å²) in [6.45, 7) is 6.43. The molecule has 2 saturated carbocycles. The zero-order chi connectivity index (χ0) is 12.8. The smallest absolute Gasteiger partial charge is 0.213 e. The van der Waals surface area contributed by atoms with E-state index in [0.29, 0.717) is 0 Å². The van der Waals surface area contributed by atoms with Crippen LogP contribution in [0.5, 0.6) is 0 Å². The Morgan fingerprint density at radius 1 is 0.833 bits per heavy atom. The van der Waals surface area contributed by atoms with Crippen LogP contribution in [-0.4, -0.2) is 21.2 Å². The summed E-state index contributed by atoms with van der Waals surface area (Å²) in [5.74, 6) is 0. The third kappa shape index (κ3) is 4.52. The molecule has 18 heavy (non-hydrogen) atoms.